The van der Waals surface area contributed by atoms with Crippen molar-refractivity contribution in [1.29, 1.82) is 5.26 Å². The molecule has 1 heterocycles. The van der Waals surface area contributed by atoms with Crippen molar-refractivity contribution in [3.8, 4) is 6.07 Å². The van der Waals surface area contributed by atoms with E-state index in [0.717, 1.165) is 0 Å². The smallest absolute Gasteiger partial charge is 0.313 e. The second-order valence-electron chi connectivity index (χ2n) is 6.61. The molecule has 138 valence electrons. The molecule has 6 heteroatoms. The molecule has 0 spiro atoms. The number of rotatable bonds is 2. The van der Waals surface area contributed by atoms with Crippen molar-refractivity contribution in [2.24, 2.45) is 0 Å². The molecule has 1 saturated heterocycles. The van der Waals surface area contributed by atoms with E-state index in [9.17, 15) is 9.59 Å². The number of carbonyl (C=O) groups excluding carboxylic acids is 2. The van der Waals surface area contributed by atoms with Gasteiger partial charge in [-0.15, -0.1) is 0 Å². The summed E-state index contributed by atoms with van der Waals surface area (Å²) in [7, 11) is 0. The fourth-order valence-corrected chi connectivity index (χ4v) is 3.24. The highest BCUT2D eigenvalue weighted by Crippen LogP contribution is 2.24. The molecule has 2 amide bonds. The highest BCUT2D eigenvalue weighted by atomic mass is 16.2. The minimum atomic E-state index is -0.710. The zero-order chi connectivity index (χ0) is 19.4. The number of hydrogen-bond donors (Lipinski definition) is 1. The predicted molar refractivity (Wildman–Crippen MR) is 104 cm³/mol. The maximum absolute atomic E-state index is 12.5. The van der Waals surface area contributed by atoms with Gasteiger partial charge in [-0.3, -0.25) is 9.59 Å². The molecule has 1 aliphatic heterocycles. The highest BCUT2D eigenvalue weighted by molar-refractivity contribution is 6.39. The molecule has 1 fully saturated rings. The molecule has 0 atom stereocenters. The Kier molecular flexibility index (Phi) is 5.41. The molecule has 2 aromatic rings. The third-order valence-corrected chi connectivity index (χ3v) is 4.97. The van der Waals surface area contributed by atoms with E-state index in [4.69, 9.17) is 5.26 Å². The minimum absolute atomic E-state index is 0.332. The van der Waals surface area contributed by atoms with Gasteiger partial charge in [-0.1, -0.05) is 24.3 Å². The lowest BCUT2D eigenvalue weighted by Gasteiger charge is -2.36. The maximum Gasteiger partial charge on any atom is 0.313 e. The second kappa shape index (κ2) is 7.92. The van der Waals surface area contributed by atoms with Crippen molar-refractivity contribution in [3.05, 3.63) is 59.2 Å². The van der Waals surface area contributed by atoms with E-state index in [-0.39, 0.29) is 0 Å². The number of benzene rings is 2. The van der Waals surface area contributed by atoms with Crippen LogP contribution in [0, 0.1) is 25.2 Å². The van der Waals surface area contributed by atoms with Gasteiger partial charge >= 0.3 is 11.8 Å². The third kappa shape index (κ3) is 3.93. The fraction of sp³-hybridized carbons (Fsp3) is 0.286. The van der Waals surface area contributed by atoms with Crippen molar-refractivity contribution < 1.29 is 9.59 Å². The lowest BCUT2D eigenvalue weighted by atomic mass is 10.1. The Morgan fingerprint density at radius 2 is 1.70 bits per heavy atom. The number of carbonyl (C=O) groups is 2. The van der Waals surface area contributed by atoms with Crippen LogP contribution in [-0.4, -0.2) is 42.9 Å². The first kappa shape index (κ1) is 18.5. The molecule has 1 N–H and O–H groups in total. The number of nitrogens with zero attached hydrogens (tertiary/aromatic N) is 3. The summed E-state index contributed by atoms with van der Waals surface area (Å²) in [6.45, 7) is 6.51. The number of amides is 2. The number of piperazine rings is 1. The topological polar surface area (TPSA) is 76.4 Å². The van der Waals surface area contributed by atoms with Gasteiger partial charge in [0.15, 0.2) is 0 Å². The summed E-state index contributed by atoms with van der Waals surface area (Å²) in [6, 6.07) is 14.9. The fourth-order valence-electron chi connectivity index (χ4n) is 3.24. The highest BCUT2D eigenvalue weighted by Gasteiger charge is 2.27. The van der Waals surface area contributed by atoms with Gasteiger partial charge in [0.25, 0.3) is 0 Å². The van der Waals surface area contributed by atoms with Crippen molar-refractivity contribution in [3.63, 3.8) is 0 Å². The molecule has 0 bridgehead atoms. The van der Waals surface area contributed by atoms with E-state index in [1.165, 1.54) is 16.8 Å². The lowest BCUT2D eigenvalue weighted by Crippen LogP contribution is -2.51. The van der Waals surface area contributed by atoms with Crippen LogP contribution in [0.25, 0.3) is 0 Å². The quantitative estimate of drug-likeness (QED) is 0.833. The van der Waals surface area contributed by atoms with Crippen LogP contribution in [0.15, 0.2) is 42.5 Å². The normalized spacial score (nSPS) is 13.8. The summed E-state index contributed by atoms with van der Waals surface area (Å²) < 4.78 is 0. The molecule has 3 rings (SSSR count). The van der Waals surface area contributed by atoms with Crippen LogP contribution in [0.2, 0.25) is 0 Å². The average Bonchev–Trinajstić information content (AvgIpc) is 2.70. The van der Waals surface area contributed by atoms with Gasteiger partial charge in [0, 0.05) is 31.9 Å². The van der Waals surface area contributed by atoms with Gasteiger partial charge in [0.2, 0.25) is 0 Å². The molecule has 0 saturated carbocycles. The van der Waals surface area contributed by atoms with Crippen LogP contribution < -0.4 is 10.2 Å². The number of hydrogen-bond acceptors (Lipinski definition) is 4. The average molecular weight is 362 g/mol. The van der Waals surface area contributed by atoms with Crippen LogP contribution >= 0.6 is 0 Å². The molecule has 0 aromatic heterocycles. The van der Waals surface area contributed by atoms with E-state index in [1.807, 2.05) is 12.1 Å². The van der Waals surface area contributed by atoms with Gasteiger partial charge in [-0.05, 0) is 43.2 Å². The Morgan fingerprint density at radius 3 is 2.41 bits per heavy atom. The van der Waals surface area contributed by atoms with E-state index >= 15 is 0 Å². The van der Waals surface area contributed by atoms with Crippen LogP contribution in [0.1, 0.15) is 16.7 Å². The molecule has 1 aliphatic rings. The van der Waals surface area contributed by atoms with Gasteiger partial charge < -0.3 is 15.1 Å². The summed E-state index contributed by atoms with van der Waals surface area (Å²) in [6.07, 6.45) is 0. The first-order valence-electron chi connectivity index (χ1n) is 8.92. The van der Waals surface area contributed by atoms with Crippen molar-refractivity contribution in [2.75, 3.05) is 36.4 Å². The van der Waals surface area contributed by atoms with Crippen molar-refractivity contribution in [1.82, 2.24) is 4.90 Å². The molecule has 2 aromatic carbocycles. The first-order valence-corrected chi connectivity index (χ1v) is 8.92. The van der Waals surface area contributed by atoms with E-state index in [1.54, 1.807) is 29.2 Å². The number of para-hydroxylation sites is 1. The maximum atomic E-state index is 12.5. The van der Waals surface area contributed by atoms with Gasteiger partial charge in [-0.2, -0.15) is 5.26 Å². The van der Waals surface area contributed by atoms with Crippen LogP contribution in [0.5, 0.6) is 0 Å². The van der Waals surface area contributed by atoms with Crippen LogP contribution in [-0.2, 0) is 9.59 Å². The van der Waals surface area contributed by atoms with Crippen molar-refractivity contribution in [2.45, 2.75) is 13.8 Å². The molecular weight excluding hydrogens is 340 g/mol. The molecule has 6 nitrogen and oxygen atoms in total. The Hall–Kier alpha value is -3.33. The number of nitrogens with one attached hydrogen (secondary N) is 1. The zero-order valence-corrected chi connectivity index (χ0v) is 15.5. The monoisotopic (exact) mass is 362 g/mol. The summed E-state index contributed by atoms with van der Waals surface area (Å²) >= 11 is 0. The second-order valence-corrected chi connectivity index (χ2v) is 6.61. The van der Waals surface area contributed by atoms with Crippen LogP contribution in [0.3, 0.4) is 0 Å². The van der Waals surface area contributed by atoms with E-state index < -0.39 is 11.8 Å². The zero-order valence-electron chi connectivity index (χ0n) is 15.5. The SMILES string of the molecule is Cc1cccc(N2CCN(C(=O)C(=O)Nc3ccccc3C#N)CC2)c1C. The number of aryl methyl sites for hydroxylation is 1. The largest absolute Gasteiger partial charge is 0.368 e. The third-order valence-electron chi connectivity index (χ3n) is 4.97. The lowest BCUT2D eigenvalue weighted by molar-refractivity contribution is -0.143. The summed E-state index contributed by atoms with van der Waals surface area (Å²) in [4.78, 5) is 28.6. The van der Waals surface area contributed by atoms with Gasteiger partial charge in [-0.25, -0.2) is 0 Å². The standard InChI is InChI=1S/C21H22N4O2/c1-15-6-5-9-19(16(15)2)24-10-12-25(13-11-24)21(27)20(26)23-18-8-4-3-7-17(18)14-22/h3-9H,10-13H2,1-2H3,(H,23,26). The Bertz CT molecular complexity index is 909. The van der Waals surface area contributed by atoms with E-state index in [0.29, 0.717) is 37.4 Å². The molecule has 27 heavy (non-hydrogen) atoms. The molecular formula is C21H22N4O2. The summed E-state index contributed by atoms with van der Waals surface area (Å²) in [5.41, 5.74) is 4.34. The first-order chi connectivity index (χ1) is 13.0. The molecule has 0 unspecified atom stereocenters. The Labute approximate surface area is 159 Å². The van der Waals surface area contributed by atoms with Crippen molar-refractivity contribution >= 4 is 23.2 Å². The molecule has 0 aliphatic carbocycles. The summed E-state index contributed by atoms with van der Waals surface area (Å²) in [5, 5.41) is 11.6. The number of nitriles is 1. The van der Waals surface area contributed by atoms with Gasteiger partial charge in [0.1, 0.15) is 6.07 Å². The molecule has 0 radical (unpaired) electrons. The summed E-state index contributed by atoms with van der Waals surface area (Å²) in [5.74, 6) is -1.28. The van der Waals surface area contributed by atoms with Crippen LogP contribution in [0.4, 0.5) is 11.4 Å². The Balaban J connectivity index is 1.62. The predicted octanol–water partition coefficient (Wildman–Crippen LogP) is 2.46. The van der Waals surface area contributed by atoms with E-state index in [2.05, 4.69) is 36.2 Å². The van der Waals surface area contributed by atoms with Gasteiger partial charge in [0.05, 0.1) is 11.3 Å². The number of anilines is 2. The minimum Gasteiger partial charge on any atom is -0.368 e. The Morgan fingerprint density at radius 1 is 1.00 bits per heavy atom.